The van der Waals surface area contributed by atoms with Crippen LogP contribution in [0.1, 0.15) is 19.8 Å². The first kappa shape index (κ1) is 12.8. The molecule has 1 aliphatic rings. The van der Waals surface area contributed by atoms with E-state index in [1.807, 2.05) is 6.92 Å². The average Bonchev–Trinajstić information content (AvgIpc) is 3.06. The molecule has 16 heavy (non-hydrogen) atoms. The molecule has 0 aromatic rings. The summed E-state index contributed by atoms with van der Waals surface area (Å²) in [6, 6.07) is -1.59. The van der Waals surface area contributed by atoms with Crippen molar-refractivity contribution < 1.29 is 19.8 Å². The molecule has 1 aliphatic carbocycles. The number of carboxylic acid groups (broad SMARTS) is 1. The molecule has 0 aromatic heterocycles. The van der Waals surface area contributed by atoms with Gasteiger partial charge in [0.1, 0.15) is 0 Å². The Hall–Kier alpha value is -1.30. The van der Waals surface area contributed by atoms with Crippen LogP contribution in [0.4, 0.5) is 4.79 Å². The molecule has 0 heterocycles. The first-order chi connectivity index (χ1) is 7.47. The van der Waals surface area contributed by atoms with Crippen LogP contribution in [0.2, 0.25) is 0 Å². The molecule has 3 N–H and O–H groups in total. The quantitative estimate of drug-likeness (QED) is 0.613. The largest absolute Gasteiger partial charge is 0.480 e. The van der Waals surface area contributed by atoms with Crippen molar-refractivity contribution in [2.45, 2.75) is 31.8 Å². The van der Waals surface area contributed by atoms with E-state index in [0.717, 1.165) is 12.8 Å². The number of aliphatic hydroxyl groups excluding tert-OH is 1. The SMILES string of the molecule is CC(C1CC1)N(C)C(=O)NC(CO)C(=O)O. The minimum absolute atomic E-state index is 0.105. The van der Waals surface area contributed by atoms with Gasteiger partial charge >= 0.3 is 12.0 Å². The summed E-state index contributed by atoms with van der Waals surface area (Å²) in [5, 5.41) is 19.7. The minimum Gasteiger partial charge on any atom is -0.480 e. The number of aliphatic carboxylic acids is 1. The number of carbonyl (C=O) groups is 2. The lowest BCUT2D eigenvalue weighted by atomic mass is 10.2. The van der Waals surface area contributed by atoms with Gasteiger partial charge in [-0.05, 0) is 25.7 Å². The number of amides is 2. The van der Waals surface area contributed by atoms with Gasteiger partial charge in [0.15, 0.2) is 6.04 Å². The molecule has 1 rings (SSSR count). The Kier molecular flexibility index (Phi) is 4.12. The van der Waals surface area contributed by atoms with Crippen LogP contribution >= 0.6 is 0 Å². The molecule has 0 spiro atoms. The molecular formula is C10H18N2O4. The molecule has 1 saturated carbocycles. The maximum Gasteiger partial charge on any atom is 0.328 e. The summed E-state index contributed by atoms with van der Waals surface area (Å²) in [5.74, 6) is -0.712. The van der Waals surface area contributed by atoms with Gasteiger partial charge in [0.05, 0.1) is 6.61 Å². The van der Waals surface area contributed by atoms with Crippen LogP contribution in [0.15, 0.2) is 0 Å². The highest BCUT2D eigenvalue weighted by molar-refractivity contribution is 5.82. The second-order valence-corrected chi connectivity index (χ2v) is 4.21. The maximum absolute atomic E-state index is 11.6. The van der Waals surface area contributed by atoms with Crippen molar-refractivity contribution in [2.75, 3.05) is 13.7 Å². The number of aliphatic hydroxyl groups is 1. The summed E-state index contributed by atoms with van der Waals surface area (Å²) in [6.45, 7) is 1.33. The van der Waals surface area contributed by atoms with E-state index in [1.165, 1.54) is 4.90 Å². The van der Waals surface area contributed by atoms with E-state index in [0.29, 0.717) is 5.92 Å². The Morgan fingerprint density at radius 1 is 1.50 bits per heavy atom. The van der Waals surface area contributed by atoms with Gasteiger partial charge in [-0.2, -0.15) is 0 Å². The molecule has 0 saturated heterocycles. The van der Waals surface area contributed by atoms with Crippen molar-refractivity contribution in [2.24, 2.45) is 5.92 Å². The number of rotatable bonds is 5. The number of nitrogens with zero attached hydrogens (tertiary/aromatic N) is 1. The lowest BCUT2D eigenvalue weighted by Crippen LogP contribution is -2.51. The zero-order chi connectivity index (χ0) is 12.3. The van der Waals surface area contributed by atoms with E-state index in [9.17, 15) is 9.59 Å². The maximum atomic E-state index is 11.6. The smallest absolute Gasteiger partial charge is 0.328 e. The summed E-state index contributed by atoms with van der Waals surface area (Å²) in [5.41, 5.74) is 0. The number of hydrogen-bond donors (Lipinski definition) is 3. The van der Waals surface area contributed by atoms with Gasteiger partial charge in [-0.3, -0.25) is 0 Å². The molecule has 0 radical (unpaired) electrons. The fourth-order valence-corrected chi connectivity index (χ4v) is 1.52. The van der Waals surface area contributed by atoms with Crippen molar-refractivity contribution in [1.82, 2.24) is 10.2 Å². The van der Waals surface area contributed by atoms with Crippen LogP contribution in [0.5, 0.6) is 0 Å². The van der Waals surface area contributed by atoms with Crippen LogP contribution < -0.4 is 5.32 Å². The second-order valence-electron chi connectivity index (χ2n) is 4.21. The zero-order valence-corrected chi connectivity index (χ0v) is 9.51. The summed E-state index contributed by atoms with van der Waals surface area (Å²) in [4.78, 5) is 23.7. The Labute approximate surface area is 94.2 Å². The van der Waals surface area contributed by atoms with E-state index >= 15 is 0 Å². The number of carboxylic acids is 1. The highest BCUT2D eigenvalue weighted by Gasteiger charge is 2.33. The first-order valence-corrected chi connectivity index (χ1v) is 5.34. The molecule has 2 amide bonds. The Morgan fingerprint density at radius 2 is 2.06 bits per heavy atom. The fraction of sp³-hybridized carbons (Fsp3) is 0.800. The molecule has 1 fully saturated rings. The molecule has 2 unspecified atom stereocenters. The molecule has 6 nitrogen and oxygen atoms in total. The standard InChI is InChI=1S/C10H18N2O4/c1-6(7-3-4-7)12(2)10(16)11-8(5-13)9(14)15/h6-8,13H,3-5H2,1-2H3,(H,11,16)(H,14,15). The van der Waals surface area contributed by atoms with E-state index in [-0.39, 0.29) is 6.04 Å². The Morgan fingerprint density at radius 3 is 2.44 bits per heavy atom. The molecule has 6 heteroatoms. The topological polar surface area (TPSA) is 89.9 Å². The van der Waals surface area contributed by atoms with Gasteiger partial charge in [0, 0.05) is 13.1 Å². The third kappa shape index (κ3) is 3.10. The average molecular weight is 230 g/mol. The predicted molar refractivity (Wildman–Crippen MR) is 57.0 cm³/mol. The fourth-order valence-electron chi connectivity index (χ4n) is 1.52. The summed E-state index contributed by atoms with van der Waals surface area (Å²) >= 11 is 0. The highest BCUT2D eigenvalue weighted by Crippen LogP contribution is 2.34. The normalized spacial score (nSPS) is 18.7. The summed E-state index contributed by atoms with van der Waals surface area (Å²) in [6.07, 6.45) is 2.22. The first-order valence-electron chi connectivity index (χ1n) is 5.34. The van der Waals surface area contributed by atoms with Crippen LogP contribution in [0.25, 0.3) is 0 Å². The molecule has 0 bridgehead atoms. The molecule has 92 valence electrons. The zero-order valence-electron chi connectivity index (χ0n) is 9.51. The van der Waals surface area contributed by atoms with Crippen LogP contribution in [0.3, 0.4) is 0 Å². The summed E-state index contributed by atoms with van der Waals surface area (Å²) < 4.78 is 0. The Balaban J connectivity index is 2.46. The lowest BCUT2D eigenvalue weighted by Gasteiger charge is -2.26. The van der Waals surface area contributed by atoms with Gasteiger partial charge in [-0.15, -0.1) is 0 Å². The molecular weight excluding hydrogens is 212 g/mol. The Bertz CT molecular complexity index is 278. The number of nitrogens with one attached hydrogen (secondary N) is 1. The van der Waals surface area contributed by atoms with E-state index in [2.05, 4.69) is 5.32 Å². The lowest BCUT2D eigenvalue weighted by molar-refractivity contribution is -0.140. The van der Waals surface area contributed by atoms with Crippen molar-refractivity contribution in [3.63, 3.8) is 0 Å². The third-order valence-electron chi connectivity index (χ3n) is 3.01. The van der Waals surface area contributed by atoms with E-state index in [4.69, 9.17) is 10.2 Å². The highest BCUT2D eigenvalue weighted by atomic mass is 16.4. The van der Waals surface area contributed by atoms with Gasteiger partial charge in [-0.25, -0.2) is 9.59 Å². The van der Waals surface area contributed by atoms with E-state index < -0.39 is 24.6 Å². The van der Waals surface area contributed by atoms with Crippen molar-refractivity contribution in [3.8, 4) is 0 Å². The van der Waals surface area contributed by atoms with Crippen LogP contribution in [0, 0.1) is 5.92 Å². The summed E-state index contributed by atoms with van der Waals surface area (Å²) in [7, 11) is 1.63. The number of hydrogen-bond acceptors (Lipinski definition) is 3. The van der Waals surface area contributed by atoms with Crippen LogP contribution in [-0.4, -0.2) is 52.9 Å². The molecule has 2 atom stereocenters. The number of urea groups is 1. The van der Waals surface area contributed by atoms with Crippen molar-refractivity contribution >= 4 is 12.0 Å². The van der Waals surface area contributed by atoms with Gasteiger partial charge in [0.2, 0.25) is 0 Å². The van der Waals surface area contributed by atoms with Gasteiger partial charge in [0.25, 0.3) is 0 Å². The predicted octanol–water partition coefficient (Wildman–Crippen LogP) is -0.128. The monoisotopic (exact) mass is 230 g/mol. The van der Waals surface area contributed by atoms with E-state index in [1.54, 1.807) is 7.05 Å². The molecule has 0 aliphatic heterocycles. The van der Waals surface area contributed by atoms with Crippen LogP contribution in [-0.2, 0) is 4.79 Å². The van der Waals surface area contributed by atoms with Crippen molar-refractivity contribution in [1.29, 1.82) is 0 Å². The van der Waals surface area contributed by atoms with Gasteiger partial charge in [-0.1, -0.05) is 0 Å². The van der Waals surface area contributed by atoms with Crippen molar-refractivity contribution in [3.05, 3.63) is 0 Å². The molecule has 0 aromatic carbocycles. The number of carbonyl (C=O) groups excluding carboxylic acids is 1. The second kappa shape index (κ2) is 5.16. The minimum atomic E-state index is -1.23. The van der Waals surface area contributed by atoms with Gasteiger partial charge < -0.3 is 20.4 Å². The third-order valence-corrected chi connectivity index (χ3v) is 3.01.